The van der Waals surface area contributed by atoms with E-state index in [1.165, 1.54) is 25.3 Å². The number of hydrogen-bond donors (Lipinski definition) is 2. The van der Waals surface area contributed by atoms with Crippen LogP contribution in [0.5, 0.6) is 5.75 Å². The second kappa shape index (κ2) is 10.4. The summed E-state index contributed by atoms with van der Waals surface area (Å²) < 4.78 is 33.9. The van der Waals surface area contributed by atoms with E-state index in [-0.39, 0.29) is 22.5 Å². The molecule has 0 heterocycles. The predicted octanol–water partition coefficient (Wildman–Crippen LogP) is 4.56. The Morgan fingerprint density at radius 2 is 1.69 bits per heavy atom. The maximum absolute atomic E-state index is 12.9. The highest BCUT2D eigenvalue weighted by Gasteiger charge is 2.20. The van der Waals surface area contributed by atoms with Gasteiger partial charge in [-0.05, 0) is 62.6 Å². The third-order valence-electron chi connectivity index (χ3n) is 5.11. The van der Waals surface area contributed by atoms with E-state index in [0.29, 0.717) is 17.7 Å². The zero-order valence-corrected chi connectivity index (χ0v) is 19.3. The van der Waals surface area contributed by atoms with Crippen LogP contribution in [-0.2, 0) is 16.4 Å². The number of amides is 1. The summed E-state index contributed by atoms with van der Waals surface area (Å²) in [6.45, 7) is 3.77. The van der Waals surface area contributed by atoms with Crippen LogP contribution < -0.4 is 14.8 Å². The Balaban J connectivity index is 1.73. The van der Waals surface area contributed by atoms with Crippen LogP contribution in [0.3, 0.4) is 0 Å². The zero-order valence-electron chi connectivity index (χ0n) is 18.5. The minimum atomic E-state index is -3.77. The molecule has 0 spiro atoms. The van der Waals surface area contributed by atoms with Gasteiger partial charge in [0.2, 0.25) is 10.0 Å². The number of rotatable bonds is 9. The maximum Gasteiger partial charge on any atom is 0.255 e. The van der Waals surface area contributed by atoms with Crippen molar-refractivity contribution in [3.8, 4) is 5.75 Å². The van der Waals surface area contributed by atoms with E-state index < -0.39 is 10.0 Å². The lowest BCUT2D eigenvalue weighted by Crippen LogP contribution is -2.33. The van der Waals surface area contributed by atoms with Crippen molar-refractivity contribution >= 4 is 21.6 Å². The van der Waals surface area contributed by atoms with Gasteiger partial charge in [0.25, 0.3) is 5.91 Å². The molecular weight excluding hydrogens is 424 g/mol. The van der Waals surface area contributed by atoms with Gasteiger partial charge in [0.1, 0.15) is 5.75 Å². The van der Waals surface area contributed by atoms with E-state index in [1.54, 1.807) is 12.1 Å². The van der Waals surface area contributed by atoms with Crippen LogP contribution in [-0.4, -0.2) is 27.5 Å². The van der Waals surface area contributed by atoms with Gasteiger partial charge < -0.3 is 10.1 Å². The molecule has 3 rings (SSSR count). The molecule has 0 aliphatic rings. The molecule has 0 radical (unpaired) electrons. The number of nitrogens with one attached hydrogen (secondary N) is 2. The Kier molecular flexibility index (Phi) is 7.66. The maximum atomic E-state index is 12.9. The summed E-state index contributed by atoms with van der Waals surface area (Å²) in [6, 6.07) is 21.2. The van der Waals surface area contributed by atoms with Crippen LogP contribution >= 0.6 is 0 Å². The van der Waals surface area contributed by atoms with Crippen molar-refractivity contribution < 1.29 is 17.9 Å². The molecule has 0 saturated carbocycles. The highest BCUT2D eigenvalue weighted by Crippen LogP contribution is 2.28. The predicted molar refractivity (Wildman–Crippen MR) is 127 cm³/mol. The normalized spacial score (nSPS) is 12.2. The van der Waals surface area contributed by atoms with Gasteiger partial charge in [0.05, 0.1) is 17.7 Å². The molecule has 0 bridgehead atoms. The third-order valence-corrected chi connectivity index (χ3v) is 6.70. The van der Waals surface area contributed by atoms with E-state index >= 15 is 0 Å². The average molecular weight is 453 g/mol. The quantitative estimate of drug-likeness (QED) is 0.499. The Morgan fingerprint density at radius 1 is 1.00 bits per heavy atom. The fourth-order valence-corrected chi connectivity index (χ4v) is 4.57. The topological polar surface area (TPSA) is 84.5 Å². The summed E-state index contributed by atoms with van der Waals surface area (Å²) in [7, 11) is -2.31. The number of sulfonamides is 1. The first-order valence-electron chi connectivity index (χ1n) is 10.4. The van der Waals surface area contributed by atoms with Gasteiger partial charge in [0, 0.05) is 11.6 Å². The van der Waals surface area contributed by atoms with Crippen LogP contribution in [0.25, 0.3) is 0 Å². The van der Waals surface area contributed by atoms with Crippen LogP contribution in [0.4, 0.5) is 5.69 Å². The fraction of sp³-hybridized carbons (Fsp3) is 0.240. The molecule has 3 aromatic rings. The lowest BCUT2D eigenvalue weighted by atomic mass is 10.1. The summed E-state index contributed by atoms with van der Waals surface area (Å²) in [6.07, 6.45) is 1.43. The summed E-state index contributed by atoms with van der Waals surface area (Å²) >= 11 is 0. The lowest BCUT2D eigenvalue weighted by molar-refractivity contribution is 0.102. The van der Waals surface area contributed by atoms with Crippen LogP contribution in [0.1, 0.15) is 34.8 Å². The van der Waals surface area contributed by atoms with Crippen LogP contribution in [0.2, 0.25) is 0 Å². The monoisotopic (exact) mass is 452 g/mol. The first kappa shape index (κ1) is 23.5. The lowest BCUT2D eigenvalue weighted by Gasteiger charge is -2.16. The second-order valence-electron chi connectivity index (χ2n) is 7.73. The van der Waals surface area contributed by atoms with Gasteiger partial charge >= 0.3 is 0 Å². The molecule has 2 N–H and O–H groups in total. The van der Waals surface area contributed by atoms with Gasteiger partial charge in [0.15, 0.2) is 0 Å². The molecule has 1 amide bonds. The van der Waals surface area contributed by atoms with Gasteiger partial charge in [-0.15, -0.1) is 0 Å². The second-order valence-corrected chi connectivity index (χ2v) is 9.44. The van der Waals surface area contributed by atoms with Crippen LogP contribution in [0.15, 0.2) is 77.7 Å². The molecule has 0 unspecified atom stereocenters. The number of hydrogen-bond acceptors (Lipinski definition) is 4. The Hall–Kier alpha value is -3.16. The van der Waals surface area contributed by atoms with Crippen LogP contribution in [0, 0.1) is 6.92 Å². The number of aryl methyl sites for hydroxylation is 2. The number of ether oxygens (including phenoxy) is 1. The molecule has 0 saturated heterocycles. The van der Waals surface area contributed by atoms with E-state index in [9.17, 15) is 13.2 Å². The Labute approximate surface area is 189 Å². The van der Waals surface area contributed by atoms with Gasteiger partial charge in [-0.1, -0.05) is 48.0 Å². The minimum absolute atomic E-state index is 0.0593. The van der Waals surface area contributed by atoms with Crippen molar-refractivity contribution in [2.24, 2.45) is 0 Å². The Bertz CT molecular complexity index is 1160. The number of carbonyl (C=O) groups is 1. The molecular formula is C25H28N2O4S. The van der Waals surface area contributed by atoms with Crippen molar-refractivity contribution in [1.29, 1.82) is 0 Å². The van der Waals surface area contributed by atoms with E-state index in [2.05, 4.69) is 10.0 Å². The molecule has 6 nitrogen and oxygen atoms in total. The zero-order chi connectivity index (χ0) is 23.1. The summed E-state index contributed by atoms with van der Waals surface area (Å²) in [4.78, 5) is 12.7. The molecule has 0 aliphatic carbocycles. The van der Waals surface area contributed by atoms with Crippen molar-refractivity contribution in [2.45, 2.75) is 37.6 Å². The molecule has 0 aromatic heterocycles. The van der Waals surface area contributed by atoms with Gasteiger partial charge in [-0.3, -0.25) is 4.79 Å². The van der Waals surface area contributed by atoms with E-state index in [4.69, 9.17) is 4.74 Å². The summed E-state index contributed by atoms with van der Waals surface area (Å²) in [5, 5.41) is 2.75. The molecule has 1 atom stereocenters. The molecule has 168 valence electrons. The van der Waals surface area contributed by atoms with Crippen molar-refractivity contribution in [3.63, 3.8) is 0 Å². The summed E-state index contributed by atoms with van der Waals surface area (Å²) in [5.41, 5.74) is 2.96. The molecule has 0 aliphatic heterocycles. The first-order chi connectivity index (χ1) is 15.3. The molecule has 7 heteroatoms. The third kappa shape index (κ3) is 6.18. The minimum Gasteiger partial charge on any atom is -0.495 e. The molecule has 3 aromatic carbocycles. The smallest absolute Gasteiger partial charge is 0.255 e. The molecule has 0 fully saturated rings. The van der Waals surface area contributed by atoms with E-state index in [0.717, 1.165) is 17.5 Å². The number of anilines is 1. The number of carbonyl (C=O) groups excluding carboxylic acids is 1. The number of methoxy groups -OCH3 is 1. The first-order valence-corrected chi connectivity index (χ1v) is 11.9. The van der Waals surface area contributed by atoms with Gasteiger partial charge in [-0.25, -0.2) is 13.1 Å². The fourth-order valence-electron chi connectivity index (χ4n) is 3.27. The van der Waals surface area contributed by atoms with Crippen molar-refractivity contribution in [3.05, 3.63) is 89.5 Å². The SMILES string of the molecule is COc1ccc(S(=O)(=O)N[C@H](C)CCc2ccccc2)cc1NC(=O)c1ccc(C)cc1. The largest absolute Gasteiger partial charge is 0.495 e. The summed E-state index contributed by atoms with van der Waals surface area (Å²) in [5.74, 6) is 0.0311. The highest BCUT2D eigenvalue weighted by atomic mass is 32.2. The van der Waals surface area contributed by atoms with Crippen molar-refractivity contribution in [1.82, 2.24) is 4.72 Å². The van der Waals surface area contributed by atoms with E-state index in [1.807, 2.05) is 56.3 Å². The molecule has 32 heavy (non-hydrogen) atoms. The standard InChI is InChI=1S/C25H28N2O4S/c1-18-9-13-21(14-10-18)25(28)26-23-17-22(15-16-24(23)31-3)32(29,30)27-19(2)11-12-20-7-5-4-6-8-20/h4-10,13-17,19,27H,11-12H2,1-3H3,(H,26,28)/t19-/m1/s1. The average Bonchev–Trinajstić information content (AvgIpc) is 2.78. The Morgan fingerprint density at radius 3 is 2.34 bits per heavy atom. The highest BCUT2D eigenvalue weighted by molar-refractivity contribution is 7.89. The van der Waals surface area contributed by atoms with Gasteiger partial charge in [-0.2, -0.15) is 0 Å². The van der Waals surface area contributed by atoms with Crippen molar-refractivity contribution in [2.75, 3.05) is 12.4 Å². The number of benzene rings is 3.